The highest BCUT2D eigenvalue weighted by Crippen LogP contribution is 2.19. The molecule has 5 nitrogen and oxygen atoms in total. The molecule has 2 N–H and O–H groups in total. The van der Waals surface area contributed by atoms with Crippen molar-refractivity contribution in [3.63, 3.8) is 0 Å². The molecule has 3 aromatic rings. The Morgan fingerprint density at radius 3 is 2.60 bits per heavy atom. The van der Waals surface area contributed by atoms with Crippen molar-refractivity contribution < 1.29 is 0 Å². The van der Waals surface area contributed by atoms with Crippen LogP contribution in [0.3, 0.4) is 0 Å². The lowest BCUT2D eigenvalue weighted by Crippen LogP contribution is -2.22. The minimum absolute atomic E-state index is 0.146. The van der Waals surface area contributed by atoms with Crippen LogP contribution in [0.5, 0.6) is 0 Å². The summed E-state index contributed by atoms with van der Waals surface area (Å²) in [7, 11) is 0. The number of aryl methyl sites for hydroxylation is 1. The van der Waals surface area contributed by atoms with E-state index in [9.17, 15) is 4.79 Å². The van der Waals surface area contributed by atoms with E-state index in [2.05, 4.69) is 5.10 Å². The molecule has 0 aliphatic carbocycles. The molecule has 0 amide bonds. The zero-order chi connectivity index (χ0) is 14.1. The molecule has 2 aromatic heterocycles. The second-order valence-corrected chi connectivity index (χ2v) is 4.59. The van der Waals surface area contributed by atoms with E-state index in [4.69, 9.17) is 5.73 Å². The Hall–Kier alpha value is -2.40. The van der Waals surface area contributed by atoms with Crippen LogP contribution in [0.25, 0.3) is 16.9 Å². The van der Waals surface area contributed by atoms with Gasteiger partial charge in [0.2, 0.25) is 0 Å². The van der Waals surface area contributed by atoms with Crippen LogP contribution in [-0.2, 0) is 13.1 Å². The van der Waals surface area contributed by atoms with E-state index in [-0.39, 0.29) is 5.56 Å². The third kappa shape index (κ3) is 1.92. The maximum absolute atomic E-state index is 12.1. The summed E-state index contributed by atoms with van der Waals surface area (Å²) in [4.78, 5) is 12.1. The smallest absolute Gasteiger partial charge is 0.274 e. The predicted octanol–water partition coefficient (Wildman–Crippen LogP) is 1.64. The molecule has 20 heavy (non-hydrogen) atoms. The van der Waals surface area contributed by atoms with Crippen LogP contribution in [0.1, 0.15) is 12.6 Å². The molecule has 0 atom stereocenters. The van der Waals surface area contributed by atoms with E-state index in [0.29, 0.717) is 6.54 Å². The largest absolute Gasteiger partial charge is 0.329 e. The summed E-state index contributed by atoms with van der Waals surface area (Å²) in [5.41, 5.74) is 8.95. The van der Waals surface area contributed by atoms with Crippen LogP contribution >= 0.6 is 0 Å². The minimum atomic E-state index is -0.146. The Balaban J connectivity index is 2.30. The molecule has 3 rings (SSSR count). The van der Waals surface area contributed by atoms with Crippen molar-refractivity contribution in [2.45, 2.75) is 20.0 Å². The number of hydrogen-bond acceptors (Lipinski definition) is 3. The van der Waals surface area contributed by atoms with Crippen molar-refractivity contribution in [1.82, 2.24) is 14.2 Å². The van der Waals surface area contributed by atoms with Gasteiger partial charge in [-0.15, -0.1) is 0 Å². The highest BCUT2D eigenvalue weighted by atomic mass is 16.1. The van der Waals surface area contributed by atoms with E-state index in [1.54, 1.807) is 6.07 Å². The second-order valence-electron chi connectivity index (χ2n) is 4.59. The van der Waals surface area contributed by atoms with E-state index in [1.165, 1.54) is 4.52 Å². The van der Waals surface area contributed by atoms with Gasteiger partial charge in [-0.3, -0.25) is 4.79 Å². The normalized spacial score (nSPS) is 11.1. The lowest BCUT2D eigenvalue weighted by atomic mass is 10.2. The fourth-order valence-electron chi connectivity index (χ4n) is 2.44. The first kappa shape index (κ1) is 12.6. The third-order valence-corrected chi connectivity index (χ3v) is 3.41. The molecule has 1 aromatic carbocycles. The van der Waals surface area contributed by atoms with Gasteiger partial charge in [-0.1, -0.05) is 30.3 Å². The lowest BCUT2D eigenvalue weighted by Gasteiger charge is -2.10. The molecule has 102 valence electrons. The Bertz CT molecular complexity index is 802. The quantitative estimate of drug-likeness (QED) is 0.785. The van der Waals surface area contributed by atoms with Crippen molar-refractivity contribution >= 4 is 5.65 Å². The zero-order valence-corrected chi connectivity index (χ0v) is 11.3. The Morgan fingerprint density at radius 1 is 1.20 bits per heavy atom. The highest BCUT2D eigenvalue weighted by Gasteiger charge is 2.11. The van der Waals surface area contributed by atoms with Gasteiger partial charge < -0.3 is 10.3 Å². The van der Waals surface area contributed by atoms with Crippen molar-refractivity contribution in [3.05, 3.63) is 58.5 Å². The van der Waals surface area contributed by atoms with Gasteiger partial charge in [0.05, 0.1) is 5.69 Å². The SMILES string of the molecule is CCn1c(CN)cc(=O)n2nc(-c3ccccc3)cc12. The molecular weight excluding hydrogens is 252 g/mol. The molecule has 0 spiro atoms. The van der Waals surface area contributed by atoms with Crippen LogP contribution < -0.4 is 11.3 Å². The fourth-order valence-corrected chi connectivity index (χ4v) is 2.44. The summed E-state index contributed by atoms with van der Waals surface area (Å²) in [6.45, 7) is 3.11. The van der Waals surface area contributed by atoms with E-state index < -0.39 is 0 Å². The van der Waals surface area contributed by atoms with Crippen LogP contribution in [0.4, 0.5) is 0 Å². The fraction of sp³-hybridized carbons (Fsp3) is 0.200. The third-order valence-electron chi connectivity index (χ3n) is 3.41. The van der Waals surface area contributed by atoms with Crippen LogP contribution in [0, 0.1) is 0 Å². The van der Waals surface area contributed by atoms with Crippen molar-refractivity contribution in [1.29, 1.82) is 0 Å². The Labute approximate surface area is 116 Å². The van der Waals surface area contributed by atoms with Crippen molar-refractivity contribution in [2.24, 2.45) is 5.73 Å². The van der Waals surface area contributed by atoms with Crippen molar-refractivity contribution in [2.75, 3.05) is 0 Å². The molecule has 0 radical (unpaired) electrons. The first-order chi connectivity index (χ1) is 9.74. The molecule has 0 saturated carbocycles. The second kappa shape index (κ2) is 4.94. The molecule has 0 bridgehead atoms. The summed E-state index contributed by atoms with van der Waals surface area (Å²) >= 11 is 0. The molecular formula is C15H16N4O. The highest BCUT2D eigenvalue weighted by molar-refractivity contribution is 5.64. The topological polar surface area (TPSA) is 65.3 Å². The Kier molecular flexibility index (Phi) is 3.12. The average molecular weight is 268 g/mol. The average Bonchev–Trinajstić information content (AvgIpc) is 2.93. The number of benzene rings is 1. The minimum Gasteiger partial charge on any atom is -0.329 e. The number of nitrogens with zero attached hydrogens (tertiary/aromatic N) is 3. The van der Waals surface area contributed by atoms with Crippen LogP contribution in [0.2, 0.25) is 0 Å². The first-order valence-corrected chi connectivity index (χ1v) is 6.62. The number of rotatable bonds is 3. The molecule has 0 saturated heterocycles. The van der Waals surface area contributed by atoms with Crippen LogP contribution in [0.15, 0.2) is 47.3 Å². The maximum Gasteiger partial charge on any atom is 0.274 e. The molecule has 0 aliphatic heterocycles. The molecule has 0 fully saturated rings. The lowest BCUT2D eigenvalue weighted by molar-refractivity contribution is 0.690. The molecule has 2 heterocycles. The van der Waals surface area contributed by atoms with Gasteiger partial charge in [-0.05, 0) is 6.92 Å². The van der Waals surface area contributed by atoms with Gasteiger partial charge in [-0.25, -0.2) is 0 Å². The van der Waals surface area contributed by atoms with E-state index >= 15 is 0 Å². The summed E-state index contributed by atoms with van der Waals surface area (Å²) in [5.74, 6) is 0. The first-order valence-electron chi connectivity index (χ1n) is 6.62. The number of aromatic nitrogens is 3. The number of nitrogens with two attached hydrogens (primary N) is 1. The van der Waals surface area contributed by atoms with Gasteiger partial charge in [0.25, 0.3) is 5.56 Å². The van der Waals surface area contributed by atoms with Gasteiger partial charge >= 0.3 is 0 Å². The number of fused-ring (bicyclic) bond motifs is 1. The summed E-state index contributed by atoms with van der Waals surface area (Å²) in [6, 6.07) is 13.3. The summed E-state index contributed by atoms with van der Waals surface area (Å²) < 4.78 is 3.45. The Morgan fingerprint density at radius 2 is 1.95 bits per heavy atom. The van der Waals surface area contributed by atoms with E-state index in [0.717, 1.165) is 29.1 Å². The summed E-state index contributed by atoms with van der Waals surface area (Å²) in [5, 5.41) is 4.41. The molecule has 5 heteroatoms. The van der Waals surface area contributed by atoms with E-state index in [1.807, 2.05) is 47.9 Å². The standard InChI is InChI=1S/C15H16N4O/c1-2-18-12(10-16)8-15(20)19-14(18)9-13(17-19)11-6-4-3-5-7-11/h3-9H,2,10,16H2,1H3. The molecule has 0 aliphatic rings. The van der Waals surface area contributed by atoms with Gasteiger partial charge in [-0.2, -0.15) is 9.61 Å². The summed E-state index contributed by atoms with van der Waals surface area (Å²) in [6.07, 6.45) is 0. The number of hydrogen-bond donors (Lipinski definition) is 1. The maximum atomic E-state index is 12.1. The van der Waals surface area contributed by atoms with Crippen molar-refractivity contribution in [3.8, 4) is 11.3 Å². The molecule has 0 unspecified atom stereocenters. The van der Waals surface area contributed by atoms with Gasteiger partial charge in [0, 0.05) is 36.5 Å². The monoisotopic (exact) mass is 268 g/mol. The zero-order valence-electron chi connectivity index (χ0n) is 11.3. The van der Waals surface area contributed by atoms with Gasteiger partial charge in [0.1, 0.15) is 5.65 Å². The predicted molar refractivity (Wildman–Crippen MR) is 78.5 cm³/mol. The van der Waals surface area contributed by atoms with Crippen LogP contribution in [-0.4, -0.2) is 14.2 Å². The van der Waals surface area contributed by atoms with Gasteiger partial charge in [0.15, 0.2) is 0 Å².